The van der Waals surface area contributed by atoms with Gasteiger partial charge in [-0.2, -0.15) is 0 Å². The average Bonchev–Trinajstić information content (AvgIpc) is 2.70. The maximum absolute atomic E-state index is 13.5. The number of hydrogen-bond donors (Lipinski definition) is 5. The lowest BCUT2D eigenvalue weighted by Gasteiger charge is -2.50. The normalized spacial score (nSPS) is 27.4. The highest BCUT2D eigenvalue weighted by molar-refractivity contribution is 6.24. The Balaban J connectivity index is 0.00000216. The predicted molar refractivity (Wildman–Crippen MR) is 132 cm³/mol. The maximum atomic E-state index is 13.5. The summed E-state index contributed by atoms with van der Waals surface area (Å²) in [6.45, 7) is 0. The number of likely N-dealkylation sites (N-methyl/N-ethyl adjacent to an activating group) is 1. The molecule has 1 aromatic carbocycles. The first-order valence-electron chi connectivity index (χ1n) is 10.5. The minimum Gasteiger partial charge on any atom is -0.510 e. The number of ketones is 2. The van der Waals surface area contributed by atoms with Crippen molar-refractivity contribution in [3.8, 4) is 5.75 Å². The molecule has 35 heavy (non-hydrogen) atoms. The molecule has 4 atom stereocenters. The van der Waals surface area contributed by atoms with Crippen LogP contribution in [0.5, 0.6) is 5.75 Å². The Hall–Kier alpha value is -2.79. The zero-order valence-electron chi connectivity index (χ0n) is 19.6. The van der Waals surface area contributed by atoms with Crippen LogP contribution in [0.3, 0.4) is 0 Å². The lowest BCUT2D eigenvalue weighted by Crippen LogP contribution is -2.63. The number of primary amides is 1. The van der Waals surface area contributed by atoms with E-state index in [9.17, 15) is 34.8 Å². The summed E-state index contributed by atoms with van der Waals surface area (Å²) in [6.07, 6.45) is 0.324. The molecule has 0 heterocycles. The van der Waals surface area contributed by atoms with E-state index in [0.29, 0.717) is 5.56 Å². The van der Waals surface area contributed by atoms with E-state index >= 15 is 0 Å². The first-order chi connectivity index (χ1) is 15.3. The van der Waals surface area contributed by atoms with Crippen molar-refractivity contribution in [1.82, 2.24) is 4.90 Å². The van der Waals surface area contributed by atoms with Crippen molar-refractivity contribution in [2.45, 2.75) is 24.5 Å². The number of benzene rings is 1. The monoisotopic (exact) mass is 529 g/mol. The van der Waals surface area contributed by atoms with Gasteiger partial charge in [0, 0.05) is 31.3 Å². The summed E-state index contributed by atoms with van der Waals surface area (Å²) in [6, 6.07) is 2.06. The number of halogens is 2. The summed E-state index contributed by atoms with van der Waals surface area (Å²) >= 11 is 0. The molecule has 0 spiro atoms. The van der Waals surface area contributed by atoms with E-state index in [0.717, 1.165) is 5.69 Å². The Labute approximate surface area is 214 Å². The summed E-state index contributed by atoms with van der Waals surface area (Å²) in [5, 5.41) is 43.9. The Kier molecular flexibility index (Phi) is 7.60. The highest BCUT2D eigenvalue weighted by atomic mass is 35.5. The number of allylic oxidation sites excluding steroid dienone is 1. The zero-order valence-corrected chi connectivity index (χ0v) is 21.2. The second kappa shape index (κ2) is 9.34. The lowest BCUT2D eigenvalue weighted by molar-refractivity contribution is -0.148. The van der Waals surface area contributed by atoms with Gasteiger partial charge < -0.3 is 31.1 Å². The molecule has 0 bridgehead atoms. The van der Waals surface area contributed by atoms with E-state index in [1.807, 2.05) is 0 Å². The van der Waals surface area contributed by atoms with Gasteiger partial charge in [-0.1, -0.05) is 0 Å². The van der Waals surface area contributed by atoms with Crippen LogP contribution in [0.15, 0.2) is 34.8 Å². The number of nitrogens with zero attached hydrogens (tertiary/aromatic N) is 2. The number of fused-ring (bicyclic) bond motifs is 3. The first kappa shape index (κ1) is 28.4. The molecular formula is C23H29Cl2N3O7. The molecule has 10 nitrogen and oxygen atoms in total. The summed E-state index contributed by atoms with van der Waals surface area (Å²) < 4.78 is 0. The third kappa shape index (κ3) is 3.76. The van der Waals surface area contributed by atoms with E-state index in [2.05, 4.69) is 0 Å². The van der Waals surface area contributed by atoms with Crippen LogP contribution in [-0.4, -0.2) is 82.6 Å². The average molecular weight is 530 g/mol. The third-order valence-electron chi connectivity index (χ3n) is 7.06. The van der Waals surface area contributed by atoms with Crippen molar-refractivity contribution in [3.63, 3.8) is 0 Å². The van der Waals surface area contributed by atoms with Gasteiger partial charge in [0.05, 0.1) is 11.6 Å². The first-order valence-corrected chi connectivity index (χ1v) is 10.5. The van der Waals surface area contributed by atoms with Crippen molar-refractivity contribution in [1.29, 1.82) is 0 Å². The number of carbonyl (C=O) groups excluding carboxylic acids is 3. The topological polar surface area (TPSA) is 165 Å². The van der Waals surface area contributed by atoms with Crippen molar-refractivity contribution >= 4 is 48.0 Å². The largest absolute Gasteiger partial charge is 0.510 e. The number of phenolic OH excluding ortho intramolecular Hbond substituents is 1. The van der Waals surface area contributed by atoms with Crippen molar-refractivity contribution < 1.29 is 34.8 Å². The molecule has 0 radical (unpaired) electrons. The molecule has 0 saturated carbocycles. The smallest absolute Gasteiger partial charge is 0.255 e. The minimum absolute atomic E-state index is 0. The van der Waals surface area contributed by atoms with Gasteiger partial charge in [0.1, 0.15) is 22.8 Å². The standard InChI is InChI=1S/C23H27N3O7.2ClH/c1-25(2)12-5-6-13(27)15-10(12)7-9-8-11-17(26(3)4)19(29)16(22(24)32)21(31)23(11,33)20(30)14(9)18(15)28;;/h5-6,9,11,17,27,29-30,33H,7-8H2,1-4H3,(H2,24,32);2*1H/t9-,11-,17-,23-;;/m0../s1. The molecule has 1 amide bonds. The Bertz CT molecular complexity index is 1180. The summed E-state index contributed by atoms with van der Waals surface area (Å²) in [4.78, 5) is 42.0. The second-order valence-corrected chi connectivity index (χ2v) is 9.31. The number of amides is 1. The molecular weight excluding hydrogens is 501 g/mol. The molecule has 0 aliphatic heterocycles. The third-order valence-corrected chi connectivity index (χ3v) is 7.06. The van der Waals surface area contributed by atoms with Crippen molar-refractivity contribution in [2.24, 2.45) is 17.6 Å². The molecule has 0 fully saturated rings. The van der Waals surface area contributed by atoms with E-state index in [-0.39, 0.29) is 54.5 Å². The number of rotatable bonds is 3. The number of hydrogen-bond acceptors (Lipinski definition) is 9. The van der Waals surface area contributed by atoms with Gasteiger partial charge in [-0.3, -0.25) is 19.3 Å². The highest BCUT2D eigenvalue weighted by Gasteiger charge is 2.63. The quantitative estimate of drug-likeness (QED) is 0.359. The number of nitrogens with two attached hydrogens (primary N) is 1. The highest BCUT2D eigenvalue weighted by Crippen LogP contribution is 2.52. The molecule has 192 valence electrons. The molecule has 3 aliphatic carbocycles. The van der Waals surface area contributed by atoms with Crippen LogP contribution < -0.4 is 10.6 Å². The van der Waals surface area contributed by atoms with E-state index in [1.54, 1.807) is 39.2 Å². The van der Waals surface area contributed by atoms with Crippen LogP contribution in [0, 0.1) is 11.8 Å². The SMILES string of the molecule is CN(C)c1ccc(O)c2c1C[C@H]1C[C@H]3[C@H](N(C)C)C(O)=C(C(N)=O)C(=O)[C@@]3(O)C(O)=C1C2=O.Cl.Cl. The van der Waals surface area contributed by atoms with Crippen molar-refractivity contribution in [2.75, 3.05) is 33.1 Å². The van der Waals surface area contributed by atoms with Crippen LogP contribution >= 0.6 is 24.8 Å². The lowest BCUT2D eigenvalue weighted by atomic mass is 9.58. The molecule has 3 aliphatic rings. The molecule has 0 unspecified atom stereocenters. The van der Waals surface area contributed by atoms with Crippen LogP contribution in [0.1, 0.15) is 22.3 Å². The van der Waals surface area contributed by atoms with Gasteiger partial charge in [0.15, 0.2) is 11.4 Å². The minimum atomic E-state index is -2.63. The fourth-order valence-electron chi connectivity index (χ4n) is 5.65. The van der Waals surface area contributed by atoms with E-state index < -0.39 is 58.0 Å². The van der Waals surface area contributed by atoms with Gasteiger partial charge in [-0.15, -0.1) is 24.8 Å². The van der Waals surface area contributed by atoms with Gasteiger partial charge in [0.2, 0.25) is 5.78 Å². The molecule has 0 saturated heterocycles. The van der Waals surface area contributed by atoms with Crippen LogP contribution in [0.2, 0.25) is 0 Å². The predicted octanol–water partition coefficient (Wildman–Crippen LogP) is 1.03. The summed E-state index contributed by atoms with van der Waals surface area (Å²) in [7, 11) is 6.79. The Morgan fingerprint density at radius 2 is 1.69 bits per heavy atom. The van der Waals surface area contributed by atoms with Gasteiger partial charge in [-0.05, 0) is 50.6 Å². The fraction of sp³-hybridized carbons (Fsp3) is 0.435. The molecule has 1 aromatic rings. The summed E-state index contributed by atoms with van der Waals surface area (Å²) in [5.41, 5.74) is 3.02. The molecule has 4 rings (SSSR count). The van der Waals surface area contributed by atoms with Crippen LogP contribution in [-0.2, 0) is 16.0 Å². The summed E-state index contributed by atoms with van der Waals surface area (Å²) in [5.74, 6) is -6.53. The van der Waals surface area contributed by atoms with Gasteiger partial charge >= 0.3 is 0 Å². The Morgan fingerprint density at radius 3 is 2.20 bits per heavy atom. The number of aromatic hydroxyl groups is 1. The fourth-order valence-corrected chi connectivity index (χ4v) is 5.65. The number of Topliss-reactive ketones (excluding diaryl/α,β-unsaturated/α-hetero) is 2. The van der Waals surface area contributed by atoms with E-state index in [1.165, 1.54) is 11.0 Å². The van der Waals surface area contributed by atoms with Gasteiger partial charge in [-0.25, -0.2) is 0 Å². The van der Waals surface area contributed by atoms with E-state index in [4.69, 9.17) is 5.73 Å². The molecule has 0 aromatic heterocycles. The molecule has 6 N–H and O–H groups in total. The van der Waals surface area contributed by atoms with Crippen molar-refractivity contribution in [3.05, 3.63) is 45.9 Å². The van der Waals surface area contributed by atoms with Crippen LogP contribution in [0.4, 0.5) is 5.69 Å². The number of aliphatic hydroxyl groups excluding tert-OH is 2. The maximum Gasteiger partial charge on any atom is 0.255 e. The zero-order chi connectivity index (χ0) is 24.6. The number of carbonyl (C=O) groups is 3. The number of aliphatic hydroxyl groups is 3. The number of anilines is 1. The number of phenols is 1. The Morgan fingerprint density at radius 1 is 1.09 bits per heavy atom. The molecule has 12 heteroatoms. The van der Waals surface area contributed by atoms with Gasteiger partial charge in [0.25, 0.3) is 5.91 Å². The second-order valence-electron chi connectivity index (χ2n) is 9.31. The van der Waals surface area contributed by atoms with Crippen LogP contribution in [0.25, 0.3) is 0 Å².